The van der Waals surface area contributed by atoms with Crippen molar-refractivity contribution in [2.24, 2.45) is 5.92 Å². The fourth-order valence-corrected chi connectivity index (χ4v) is 3.76. The molecule has 152 valence electrons. The fraction of sp³-hybridized carbons (Fsp3) is 0.455. The first-order valence-corrected chi connectivity index (χ1v) is 9.60. The minimum atomic E-state index is -4.72. The van der Waals surface area contributed by atoms with Gasteiger partial charge in [-0.2, -0.15) is 0 Å². The number of ether oxygens (including phenoxy) is 2. The highest BCUT2D eigenvalue weighted by Gasteiger charge is 2.31. The second-order valence-electron chi connectivity index (χ2n) is 7.33. The van der Waals surface area contributed by atoms with Gasteiger partial charge in [-0.1, -0.05) is 25.5 Å². The first-order valence-electron chi connectivity index (χ1n) is 9.60. The molecule has 0 aliphatic heterocycles. The smallest absolute Gasteiger partial charge is 0.489 e. The molecule has 28 heavy (non-hydrogen) atoms. The van der Waals surface area contributed by atoms with Gasteiger partial charge in [0.1, 0.15) is 23.9 Å². The van der Waals surface area contributed by atoms with E-state index < -0.39 is 6.36 Å². The van der Waals surface area contributed by atoms with Crippen molar-refractivity contribution in [2.75, 3.05) is 0 Å². The average molecular weight is 396 g/mol. The molecule has 0 heterocycles. The summed E-state index contributed by atoms with van der Waals surface area (Å²) in [6.45, 7) is 2.35. The van der Waals surface area contributed by atoms with Crippen LogP contribution in [0.1, 0.15) is 56.1 Å². The quantitative estimate of drug-likeness (QED) is 0.490. The van der Waals surface area contributed by atoms with Gasteiger partial charge in [0, 0.05) is 6.07 Å². The van der Waals surface area contributed by atoms with Gasteiger partial charge in [0.2, 0.25) is 0 Å². The molecule has 6 heteroatoms. The Morgan fingerprint density at radius 1 is 0.929 bits per heavy atom. The Balaban J connectivity index is 1.61. The minimum absolute atomic E-state index is 0.137. The Hall–Kier alpha value is -2.24. The maximum atomic E-state index is 14.1. The van der Waals surface area contributed by atoms with Crippen LogP contribution in [0.2, 0.25) is 0 Å². The van der Waals surface area contributed by atoms with Crippen molar-refractivity contribution in [3.05, 3.63) is 59.4 Å². The predicted octanol–water partition coefficient (Wildman–Crippen LogP) is 6.99. The van der Waals surface area contributed by atoms with E-state index in [0.717, 1.165) is 24.3 Å². The summed E-state index contributed by atoms with van der Waals surface area (Å²) in [5.41, 5.74) is 1.63. The zero-order valence-electron chi connectivity index (χ0n) is 15.8. The zero-order valence-corrected chi connectivity index (χ0v) is 15.8. The van der Waals surface area contributed by atoms with E-state index in [1.807, 2.05) is 6.07 Å². The lowest BCUT2D eigenvalue weighted by molar-refractivity contribution is -0.274. The summed E-state index contributed by atoms with van der Waals surface area (Å²) in [7, 11) is 0. The molecule has 0 radical (unpaired) electrons. The lowest BCUT2D eigenvalue weighted by Gasteiger charge is -2.28. The third kappa shape index (κ3) is 5.88. The largest absolute Gasteiger partial charge is 0.573 e. The maximum Gasteiger partial charge on any atom is 0.573 e. The Kier molecular flexibility index (Phi) is 6.47. The van der Waals surface area contributed by atoms with Crippen LogP contribution in [0.5, 0.6) is 11.5 Å². The fourth-order valence-electron chi connectivity index (χ4n) is 3.76. The first-order chi connectivity index (χ1) is 13.3. The molecule has 1 aliphatic carbocycles. The molecule has 3 rings (SSSR count). The Morgan fingerprint density at radius 2 is 1.61 bits per heavy atom. The van der Waals surface area contributed by atoms with Crippen LogP contribution in [0.15, 0.2) is 42.5 Å². The van der Waals surface area contributed by atoms with Crippen LogP contribution in [-0.2, 0) is 6.61 Å². The Bertz CT molecular complexity index is 763. The van der Waals surface area contributed by atoms with Gasteiger partial charge in [-0.25, -0.2) is 4.39 Å². The molecular weight excluding hydrogens is 372 g/mol. The second-order valence-corrected chi connectivity index (χ2v) is 7.33. The van der Waals surface area contributed by atoms with E-state index >= 15 is 0 Å². The number of hydrogen-bond acceptors (Lipinski definition) is 2. The molecule has 2 aromatic rings. The van der Waals surface area contributed by atoms with E-state index in [1.165, 1.54) is 49.6 Å². The van der Waals surface area contributed by atoms with Gasteiger partial charge in [0.25, 0.3) is 0 Å². The van der Waals surface area contributed by atoms with Crippen LogP contribution in [0, 0.1) is 11.7 Å². The summed E-state index contributed by atoms with van der Waals surface area (Å²) in [6, 6.07) is 10.2. The summed E-state index contributed by atoms with van der Waals surface area (Å²) < 4.78 is 60.2. The van der Waals surface area contributed by atoms with Gasteiger partial charge in [-0.15, -0.1) is 13.2 Å². The van der Waals surface area contributed by atoms with Gasteiger partial charge in [0.05, 0.1) is 0 Å². The molecule has 1 saturated carbocycles. The number of halogens is 4. The van der Waals surface area contributed by atoms with E-state index in [-0.39, 0.29) is 18.2 Å². The molecule has 0 aromatic heterocycles. The highest BCUT2D eigenvalue weighted by molar-refractivity contribution is 5.33. The lowest BCUT2D eigenvalue weighted by atomic mass is 9.78. The summed E-state index contributed by atoms with van der Waals surface area (Å²) in [5.74, 6) is 0.929. The molecule has 2 nitrogen and oxygen atoms in total. The molecule has 1 fully saturated rings. The Morgan fingerprint density at radius 3 is 2.21 bits per heavy atom. The third-order valence-corrected chi connectivity index (χ3v) is 5.35. The molecule has 0 spiro atoms. The number of hydrogen-bond donors (Lipinski definition) is 0. The lowest BCUT2D eigenvalue weighted by Crippen LogP contribution is -2.17. The molecule has 0 N–H and O–H groups in total. The number of alkyl halides is 3. The van der Waals surface area contributed by atoms with Crippen molar-refractivity contribution in [3.63, 3.8) is 0 Å². The standard InChI is InChI=1S/C22H24F4O2/c1-2-15-3-7-17(8-4-15)18-11-19(23)13-21(12-18)27-14-16-5-9-20(10-6-16)28-22(24,25)26/h5-6,9-13,15,17H,2-4,7-8,14H2,1H3. The highest BCUT2D eigenvalue weighted by atomic mass is 19.4. The molecule has 1 aliphatic rings. The van der Waals surface area contributed by atoms with E-state index in [9.17, 15) is 17.6 Å². The van der Waals surface area contributed by atoms with Crippen molar-refractivity contribution in [2.45, 2.75) is 57.9 Å². The third-order valence-electron chi connectivity index (χ3n) is 5.35. The van der Waals surface area contributed by atoms with Crippen molar-refractivity contribution in [1.29, 1.82) is 0 Å². The number of benzene rings is 2. The first kappa shape index (κ1) is 20.5. The van der Waals surface area contributed by atoms with Crippen LogP contribution in [-0.4, -0.2) is 6.36 Å². The normalized spacial score (nSPS) is 20.0. The van der Waals surface area contributed by atoms with Crippen LogP contribution in [0.25, 0.3) is 0 Å². The van der Waals surface area contributed by atoms with E-state index in [0.29, 0.717) is 17.2 Å². The summed E-state index contributed by atoms with van der Waals surface area (Å²) in [5, 5.41) is 0. The van der Waals surface area contributed by atoms with Crippen LogP contribution in [0.4, 0.5) is 17.6 Å². The highest BCUT2D eigenvalue weighted by Crippen LogP contribution is 2.38. The SMILES string of the molecule is CCC1CCC(c2cc(F)cc(OCc3ccc(OC(F)(F)F)cc3)c2)CC1. The minimum Gasteiger partial charge on any atom is -0.489 e. The topological polar surface area (TPSA) is 18.5 Å². The molecule has 0 saturated heterocycles. The molecule has 0 atom stereocenters. The van der Waals surface area contributed by atoms with Gasteiger partial charge >= 0.3 is 6.36 Å². The van der Waals surface area contributed by atoms with Crippen LogP contribution < -0.4 is 9.47 Å². The van der Waals surface area contributed by atoms with Gasteiger partial charge in [0.15, 0.2) is 0 Å². The van der Waals surface area contributed by atoms with Crippen molar-refractivity contribution in [3.8, 4) is 11.5 Å². The van der Waals surface area contributed by atoms with Crippen molar-refractivity contribution < 1.29 is 27.0 Å². The zero-order chi connectivity index (χ0) is 20.1. The summed E-state index contributed by atoms with van der Waals surface area (Å²) >= 11 is 0. The van der Waals surface area contributed by atoms with E-state index in [2.05, 4.69) is 11.7 Å². The van der Waals surface area contributed by atoms with Gasteiger partial charge < -0.3 is 9.47 Å². The predicted molar refractivity (Wildman–Crippen MR) is 98.8 cm³/mol. The summed E-state index contributed by atoms with van der Waals surface area (Å²) in [4.78, 5) is 0. The monoisotopic (exact) mass is 396 g/mol. The molecule has 0 bridgehead atoms. The van der Waals surface area contributed by atoms with E-state index in [1.54, 1.807) is 6.07 Å². The maximum absolute atomic E-state index is 14.1. The van der Waals surface area contributed by atoms with Crippen LogP contribution in [0.3, 0.4) is 0 Å². The van der Waals surface area contributed by atoms with E-state index in [4.69, 9.17) is 4.74 Å². The molecular formula is C22H24F4O2. The Labute approximate surface area is 162 Å². The summed E-state index contributed by atoms with van der Waals surface area (Å²) in [6.07, 6.45) is 0.924. The molecule has 0 unspecified atom stereocenters. The van der Waals surface area contributed by atoms with Gasteiger partial charge in [-0.05, 0) is 72.9 Å². The molecule has 2 aromatic carbocycles. The van der Waals surface area contributed by atoms with Crippen molar-refractivity contribution >= 4 is 0 Å². The average Bonchev–Trinajstić information content (AvgIpc) is 2.66. The van der Waals surface area contributed by atoms with Crippen molar-refractivity contribution in [1.82, 2.24) is 0 Å². The van der Waals surface area contributed by atoms with Gasteiger partial charge in [-0.3, -0.25) is 0 Å². The number of rotatable bonds is 6. The second kappa shape index (κ2) is 8.84. The molecule has 0 amide bonds. The van der Waals surface area contributed by atoms with Crippen LogP contribution >= 0.6 is 0 Å².